The van der Waals surface area contributed by atoms with Gasteiger partial charge >= 0.3 is 5.97 Å². The molecule has 0 fully saturated rings. The van der Waals surface area contributed by atoms with E-state index in [2.05, 4.69) is 26.8 Å². The second-order valence-corrected chi connectivity index (χ2v) is 6.19. The monoisotopic (exact) mass is 297 g/mol. The molecule has 0 unspecified atom stereocenters. The minimum absolute atomic E-state index is 0.407. The fraction of sp³-hybridized carbons (Fsp3) is 0.533. The Morgan fingerprint density at radius 1 is 1.45 bits per heavy atom. The molecule has 3 N–H and O–H groups in total. The van der Waals surface area contributed by atoms with Gasteiger partial charge in [-0.25, -0.2) is 0 Å². The van der Waals surface area contributed by atoms with E-state index >= 15 is 0 Å². The van der Waals surface area contributed by atoms with E-state index in [4.69, 9.17) is 15.6 Å². The van der Waals surface area contributed by atoms with Gasteiger partial charge in [0.2, 0.25) is 0 Å². The Labute approximate surface area is 124 Å². The van der Waals surface area contributed by atoms with Crippen molar-refractivity contribution in [3.8, 4) is 5.75 Å². The molecule has 0 heterocycles. The Morgan fingerprint density at radius 3 is 2.70 bits per heavy atom. The van der Waals surface area contributed by atoms with Gasteiger partial charge in [0.15, 0.2) is 0 Å². The fourth-order valence-electron chi connectivity index (χ4n) is 1.89. The lowest BCUT2D eigenvalue weighted by Gasteiger charge is -2.12. The summed E-state index contributed by atoms with van der Waals surface area (Å²) in [4.78, 5) is 10.5. The standard InChI is InChI=1S/C15H23NO3S/c1-10(2)13-5-4-12(8-11(13)3)19-6-7-20-9-14(16)15(17)18/h4-5,8,10,14H,6-7,9,16H2,1-3H3,(H,17,18)/t14-/m0/s1. The number of rotatable bonds is 8. The fourth-order valence-corrected chi connectivity index (χ4v) is 2.65. The summed E-state index contributed by atoms with van der Waals surface area (Å²) in [5.41, 5.74) is 7.98. The quantitative estimate of drug-likeness (QED) is 0.722. The van der Waals surface area contributed by atoms with E-state index in [1.807, 2.05) is 12.1 Å². The van der Waals surface area contributed by atoms with Gasteiger partial charge < -0.3 is 15.6 Å². The first-order chi connectivity index (χ1) is 9.41. The van der Waals surface area contributed by atoms with Gasteiger partial charge in [-0.2, -0.15) is 11.8 Å². The predicted molar refractivity (Wildman–Crippen MR) is 83.7 cm³/mol. The molecule has 112 valence electrons. The van der Waals surface area contributed by atoms with Crippen molar-refractivity contribution in [1.29, 1.82) is 0 Å². The number of thioether (sulfide) groups is 1. The Hall–Kier alpha value is -1.20. The molecule has 1 rings (SSSR count). The van der Waals surface area contributed by atoms with Crippen molar-refractivity contribution in [2.75, 3.05) is 18.1 Å². The number of benzene rings is 1. The van der Waals surface area contributed by atoms with Crippen LogP contribution in [0.25, 0.3) is 0 Å². The smallest absolute Gasteiger partial charge is 0.321 e. The lowest BCUT2D eigenvalue weighted by Crippen LogP contribution is -2.32. The molecule has 0 aliphatic rings. The van der Waals surface area contributed by atoms with Gasteiger partial charge in [0, 0.05) is 11.5 Å². The lowest BCUT2D eigenvalue weighted by molar-refractivity contribution is -0.137. The molecule has 0 bridgehead atoms. The van der Waals surface area contributed by atoms with Gasteiger partial charge in [0.1, 0.15) is 11.8 Å². The summed E-state index contributed by atoms with van der Waals surface area (Å²) in [7, 11) is 0. The van der Waals surface area contributed by atoms with Crippen LogP contribution in [0.2, 0.25) is 0 Å². The van der Waals surface area contributed by atoms with Crippen LogP contribution in [-0.2, 0) is 4.79 Å². The Kier molecular flexibility index (Phi) is 6.88. The highest BCUT2D eigenvalue weighted by Gasteiger charge is 2.10. The van der Waals surface area contributed by atoms with E-state index in [1.165, 1.54) is 22.9 Å². The summed E-state index contributed by atoms with van der Waals surface area (Å²) in [6, 6.07) is 5.33. The van der Waals surface area contributed by atoms with Crippen LogP contribution in [0.3, 0.4) is 0 Å². The molecular weight excluding hydrogens is 274 g/mol. The first kappa shape index (κ1) is 16.9. The summed E-state index contributed by atoms with van der Waals surface area (Å²) < 4.78 is 5.65. The molecular formula is C15H23NO3S. The maximum Gasteiger partial charge on any atom is 0.321 e. The molecule has 4 nitrogen and oxygen atoms in total. The van der Waals surface area contributed by atoms with Crippen molar-refractivity contribution < 1.29 is 14.6 Å². The minimum Gasteiger partial charge on any atom is -0.493 e. The molecule has 20 heavy (non-hydrogen) atoms. The molecule has 0 spiro atoms. The highest BCUT2D eigenvalue weighted by molar-refractivity contribution is 7.99. The largest absolute Gasteiger partial charge is 0.493 e. The van der Waals surface area contributed by atoms with Crippen LogP contribution in [0.4, 0.5) is 0 Å². The maximum atomic E-state index is 10.5. The van der Waals surface area contributed by atoms with Crippen molar-refractivity contribution in [1.82, 2.24) is 0 Å². The van der Waals surface area contributed by atoms with Crippen molar-refractivity contribution in [2.24, 2.45) is 5.73 Å². The zero-order valence-electron chi connectivity index (χ0n) is 12.3. The zero-order chi connectivity index (χ0) is 15.1. The van der Waals surface area contributed by atoms with E-state index in [9.17, 15) is 4.79 Å². The predicted octanol–water partition coefficient (Wildman–Crippen LogP) is 2.64. The molecule has 0 saturated carbocycles. The van der Waals surface area contributed by atoms with E-state index in [0.717, 1.165) is 11.5 Å². The first-order valence-corrected chi connectivity index (χ1v) is 7.86. The van der Waals surface area contributed by atoms with Crippen molar-refractivity contribution in [3.63, 3.8) is 0 Å². The van der Waals surface area contributed by atoms with Crippen LogP contribution in [0.5, 0.6) is 5.75 Å². The lowest BCUT2D eigenvalue weighted by atomic mass is 9.98. The van der Waals surface area contributed by atoms with Gasteiger partial charge in [0.05, 0.1) is 6.61 Å². The summed E-state index contributed by atoms with van der Waals surface area (Å²) in [6.45, 7) is 6.98. The summed E-state index contributed by atoms with van der Waals surface area (Å²) in [6.07, 6.45) is 0. The SMILES string of the molecule is Cc1cc(OCCSC[C@H](N)C(=O)O)ccc1C(C)C. The molecule has 1 aromatic rings. The normalized spacial score (nSPS) is 12.4. The average molecular weight is 297 g/mol. The van der Waals surface area contributed by atoms with Crippen LogP contribution in [-0.4, -0.2) is 35.2 Å². The third kappa shape index (κ3) is 5.43. The third-order valence-corrected chi connectivity index (χ3v) is 4.02. The van der Waals surface area contributed by atoms with E-state index in [-0.39, 0.29) is 0 Å². The van der Waals surface area contributed by atoms with Crippen molar-refractivity contribution in [2.45, 2.75) is 32.7 Å². The van der Waals surface area contributed by atoms with E-state index in [1.54, 1.807) is 0 Å². The molecule has 0 aromatic heterocycles. The molecule has 0 radical (unpaired) electrons. The molecule has 1 atom stereocenters. The van der Waals surface area contributed by atoms with Gasteiger partial charge in [-0.15, -0.1) is 0 Å². The topological polar surface area (TPSA) is 72.5 Å². The van der Waals surface area contributed by atoms with Gasteiger partial charge in [0.25, 0.3) is 0 Å². The van der Waals surface area contributed by atoms with Gasteiger partial charge in [-0.05, 0) is 36.1 Å². The molecule has 0 aliphatic carbocycles. The number of carbonyl (C=O) groups is 1. The second kappa shape index (κ2) is 8.17. The third-order valence-electron chi connectivity index (χ3n) is 2.97. The summed E-state index contributed by atoms with van der Waals surface area (Å²) in [5.74, 6) is 1.54. The number of hydrogen-bond donors (Lipinski definition) is 2. The molecule has 0 saturated heterocycles. The Bertz CT molecular complexity index is 449. The van der Waals surface area contributed by atoms with Crippen LogP contribution in [0, 0.1) is 6.92 Å². The number of ether oxygens (including phenoxy) is 1. The molecule has 0 aliphatic heterocycles. The van der Waals surface area contributed by atoms with Crippen LogP contribution < -0.4 is 10.5 Å². The highest BCUT2D eigenvalue weighted by Crippen LogP contribution is 2.23. The zero-order valence-corrected chi connectivity index (χ0v) is 13.1. The summed E-state index contributed by atoms with van der Waals surface area (Å²) >= 11 is 1.49. The second-order valence-electron chi connectivity index (χ2n) is 5.04. The number of aryl methyl sites for hydroxylation is 1. The number of hydrogen-bond acceptors (Lipinski definition) is 4. The van der Waals surface area contributed by atoms with Crippen LogP contribution >= 0.6 is 11.8 Å². The van der Waals surface area contributed by atoms with Gasteiger partial charge in [-0.3, -0.25) is 4.79 Å². The molecule has 0 amide bonds. The molecule has 1 aromatic carbocycles. The van der Waals surface area contributed by atoms with E-state index < -0.39 is 12.0 Å². The van der Waals surface area contributed by atoms with Crippen molar-refractivity contribution >= 4 is 17.7 Å². The number of carboxylic acid groups (broad SMARTS) is 1. The minimum atomic E-state index is -0.960. The summed E-state index contributed by atoms with van der Waals surface area (Å²) in [5, 5.41) is 8.65. The van der Waals surface area contributed by atoms with Gasteiger partial charge in [-0.1, -0.05) is 19.9 Å². The van der Waals surface area contributed by atoms with Crippen LogP contribution in [0.1, 0.15) is 30.9 Å². The maximum absolute atomic E-state index is 10.5. The number of aliphatic carboxylic acids is 1. The number of carboxylic acids is 1. The first-order valence-electron chi connectivity index (χ1n) is 6.71. The number of nitrogens with two attached hydrogens (primary N) is 1. The average Bonchev–Trinajstić information content (AvgIpc) is 2.37. The van der Waals surface area contributed by atoms with E-state index in [0.29, 0.717) is 18.3 Å². The highest BCUT2D eigenvalue weighted by atomic mass is 32.2. The van der Waals surface area contributed by atoms with Crippen molar-refractivity contribution in [3.05, 3.63) is 29.3 Å². The van der Waals surface area contributed by atoms with Crippen LogP contribution in [0.15, 0.2) is 18.2 Å². The Balaban J connectivity index is 2.32. The Morgan fingerprint density at radius 2 is 2.15 bits per heavy atom. The molecule has 5 heteroatoms.